The van der Waals surface area contributed by atoms with Crippen LogP contribution in [0.5, 0.6) is 23.0 Å². The number of nitrogens with one attached hydrogen (secondary N) is 1. The summed E-state index contributed by atoms with van der Waals surface area (Å²) in [5.74, 6) is 2.82. The summed E-state index contributed by atoms with van der Waals surface area (Å²) in [4.78, 5) is 12.8. The zero-order valence-electron chi connectivity index (χ0n) is 17.3. The van der Waals surface area contributed by atoms with Crippen molar-refractivity contribution in [3.8, 4) is 23.0 Å². The van der Waals surface area contributed by atoms with E-state index >= 15 is 0 Å². The summed E-state index contributed by atoms with van der Waals surface area (Å²) in [6, 6.07) is 21.3. The number of amides is 1. The number of rotatable bonds is 5. The molecule has 31 heavy (non-hydrogen) atoms. The fourth-order valence-electron chi connectivity index (χ4n) is 3.75. The highest BCUT2D eigenvalue weighted by atomic mass is 16.7. The molecule has 0 aliphatic carbocycles. The Balaban J connectivity index is 1.33. The number of fused-ring (bicyclic) bond motifs is 2. The second-order valence-electron chi connectivity index (χ2n) is 7.60. The molecule has 1 amide bonds. The summed E-state index contributed by atoms with van der Waals surface area (Å²) < 4.78 is 18.6. The summed E-state index contributed by atoms with van der Waals surface area (Å²) in [6.07, 6.45) is 0. The van der Waals surface area contributed by atoms with Gasteiger partial charge in [-0.3, -0.25) is 4.79 Å². The van der Waals surface area contributed by atoms with Crippen LogP contribution >= 0.6 is 0 Å². The van der Waals surface area contributed by atoms with Gasteiger partial charge in [-0.15, -0.1) is 0 Å². The molecule has 0 fully saturated rings. The Hall–Kier alpha value is -3.93. The van der Waals surface area contributed by atoms with Gasteiger partial charge in [0.05, 0.1) is 0 Å². The third-order valence-corrected chi connectivity index (χ3v) is 5.36. The first-order valence-electron chi connectivity index (χ1n) is 10.1. The molecule has 0 saturated carbocycles. The smallest absolute Gasteiger partial charge is 0.268 e. The molecule has 5 rings (SSSR count). The largest absolute Gasteiger partial charge is 0.457 e. The van der Waals surface area contributed by atoms with Crippen LogP contribution in [-0.2, 0) is 13.6 Å². The summed E-state index contributed by atoms with van der Waals surface area (Å²) in [5, 5.41) is 3.93. The minimum Gasteiger partial charge on any atom is -0.457 e. The fraction of sp³-hybridized carbons (Fsp3) is 0.160. The van der Waals surface area contributed by atoms with Crippen LogP contribution in [0, 0.1) is 6.92 Å². The van der Waals surface area contributed by atoms with Crippen molar-refractivity contribution in [1.29, 1.82) is 0 Å². The van der Waals surface area contributed by atoms with Crippen molar-refractivity contribution in [2.75, 3.05) is 6.79 Å². The highest BCUT2D eigenvalue weighted by molar-refractivity contribution is 5.99. The van der Waals surface area contributed by atoms with E-state index < -0.39 is 0 Å². The predicted molar refractivity (Wildman–Crippen MR) is 118 cm³/mol. The van der Waals surface area contributed by atoms with Gasteiger partial charge in [-0.2, -0.15) is 0 Å². The topological polar surface area (TPSA) is 61.7 Å². The van der Waals surface area contributed by atoms with Crippen LogP contribution in [0.4, 0.5) is 0 Å². The SMILES string of the molecule is Cc1cccc(Oc2ccc3c(c2)cc(C(=O)NCc2ccc4c(c2)OCO4)n3C)c1. The average molecular weight is 414 g/mol. The van der Waals surface area contributed by atoms with E-state index in [1.807, 2.05) is 85.3 Å². The molecular weight excluding hydrogens is 392 g/mol. The van der Waals surface area contributed by atoms with Crippen LogP contribution in [-0.4, -0.2) is 17.3 Å². The molecule has 0 saturated heterocycles. The van der Waals surface area contributed by atoms with Crippen LogP contribution in [0.3, 0.4) is 0 Å². The lowest BCUT2D eigenvalue weighted by atomic mass is 10.2. The molecule has 6 heteroatoms. The first kappa shape index (κ1) is 19.1. The number of carbonyl (C=O) groups excluding carboxylic acids is 1. The molecule has 3 aromatic carbocycles. The molecule has 0 atom stereocenters. The van der Waals surface area contributed by atoms with E-state index in [-0.39, 0.29) is 12.7 Å². The molecular formula is C25H22N2O4. The van der Waals surface area contributed by atoms with Crippen molar-refractivity contribution in [1.82, 2.24) is 9.88 Å². The monoisotopic (exact) mass is 414 g/mol. The molecule has 0 bridgehead atoms. The van der Waals surface area contributed by atoms with Crippen LogP contribution in [0.2, 0.25) is 0 Å². The van der Waals surface area contributed by atoms with Crippen LogP contribution < -0.4 is 19.5 Å². The zero-order chi connectivity index (χ0) is 21.4. The van der Waals surface area contributed by atoms with E-state index in [0.29, 0.717) is 18.0 Å². The molecule has 0 unspecified atom stereocenters. The lowest BCUT2D eigenvalue weighted by molar-refractivity contribution is 0.0943. The number of aromatic nitrogens is 1. The molecule has 6 nitrogen and oxygen atoms in total. The third kappa shape index (κ3) is 3.80. The Bertz CT molecular complexity index is 1290. The van der Waals surface area contributed by atoms with Gasteiger partial charge in [0.2, 0.25) is 6.79 Å². The molecule has 4 aromatic rings. The third-order valence-electron chi connectivity index (χ3n) is 5.36. The minimum absolute atomic E-state index is 0.141. The highest BCUT2D eigenvalue weighted by Gasteiger charge is 2.16. The number of ether oxygens (including phenoxy) is 3. The minimum atomic E-state index is -0.141. The fourth-order valence-corrected chi connectivity index (χ4v) is 3.75. The van der Waals surface area contributed by atoms with E-state index in [9.17, 15) is 4.79 Å². The van der Waals surface area contributed by atoms with E-state index in [2.05, 4.69) is 5.32 Å². The maximum atomic E-state index is 12.8. The molecule has 1 aliphatic heterocycles. The van der Waals surface area contributed by atoms with Crippen molar-refractivity contribution in [2.45, 2.75) is 13.5 Å². The van der Waals surface area contributed by atoms with E-state index in [1.165, 1.54) is 0 Å². The van der Waals surface area contributed by atoms with Crippen LogP contribution in [0.1, 0.15) is 21.6 Å². The Morgan fingerprint density at radius 1 is 1.00 bits per heavy atom. The quantitative estimate of drug-likeness (QED) is 0.503. The van der Waals surface area contributed by atoms with Gasteiger partial charge in [0.25, 0.3) is 5.91 Å². The zero-order valence-corrected chi connectivity index (χ0v) is 17.3. The van der Waals surface area contributed by atoms with E-state index in [1.54, 1.807) is 0 Å². The Morgan fingerprint density at radius 3 is 2.71 bits per heavy atom. The lowest BCUT2D eigenvalue weighted by Gasteiger charge is -2.08. The number of aryl methyl sites for hydroxylation is 2. The second-order valence-corrected chi connectivity index (χ2v) is 7.60. The van der Waals surface area contributed by atoms with Gasteiger partial charge in [-0.1, -0.05) is 18.2 Å². The van der Waals surface area contributed by atoms with Crippen molar-refractivity contribution in [3.05, 3.63) is 83.6 Å². The Morgan fingerprint density at radius 2 is 1.84 bits per heavy atom. The summed E-state index contributed by atoms with van der Waals surface area (Å²) in [7, 11) is 1.89. The van der Waals surface area contributed by atoms with Gasteiger partial charge >= 0.3 is 0 Å². The number of carbonyl (C=O) groups is 1. The van der Waals surface area contributed by atoms with Gasteiger partial charge in [-0.05, 0) is 66.6 Å². The maximum Gasteiger partial charge on any atom is 0.268 e. The normalized spacial score (nSPS) is 12.2. The molecule has 1 N–H and O–H groups in total. The predicted octanol–water partition coefficient (Wildman–Crippen LogP) is 4.94. The van der Waals surface area contributed by atoms with Crippen molar-refractivity contribution >= 4 is 16.8 Å². The molecule has 1 aliphatic rings. The van der Waals surface area contributed by atoms with Gasteiger partial charge in [-0.25, -0.2) is 0 Å². The second kappa shape index (κ2) is 7.72. The van der Waals surface area contributed by atoms with Gasteiger partial charge in [0.15, 0.2) is 11.5 Å². The van der Waals surface area contributed by atoms with E-state index in [0.717, 1.165) is 39.3 Å². The standard InChI is InChI=1S/C25H22N2O4/c1-16-4-3-5-19(10-16)31-20-7-8-21-18(12-20)13-22(27(21)2)25(28)26-14-17-6-9-23-24(11-17)30-15-29-23/h3-13H,14-15H2,1-2H3,(H,26,28). The molecule has 2 heterocycles. The van der Waals surface area contributed by atoms with Crippen molar-refractivity contribution in [3.63, 3.8) is 0 Å². The molecule has 156 valence electrons. The average Bonchev–Trinajstić information content (AvgIpc) is 3.36. The molecule has 1 aromatic heterocycles. The van der Waals surface area contributed by atoms with E-state index in [4.69, 9.17) is 14.2 Å². The van der Waals surface area contributed by atoms with Crippen molar-refractivity contribution in [2.24, 2.45) is 7.05 Å². The van der Waals surface area contributed by atoms with Gasteiger partial charge in [0, 0.05) is 24.5 Å². The number of hydrogen-bond donors (Lipinski definition) is 1. The Kier molecular flexibility index (Phi) is 4.75. The first-order valence-corrected chi connectivity index (χ1v) is 10.1. The number of nitrogens with zero attached hydrogens (tertiary/aromatic N) is 1. The summed E-state index contributed by atoms with van der Waals surface area (Å²) in [5.41, 5.74) is 3.64. The summed E-state index contributed by atoms with van der Waals surface area (Å²) >= 11 is 0. The number of benzene rings is 3. The lowest BCUT2D eigenvalue weighted by Crippen LogP contribution is -2.24. The maximum absolute atomic E-state index is 12.8. The molecule has 0 spiro atoms. The van der Waals surface area contributed by atoms with Gasteiger partial charge in [0.1, 0.15) is 17.2 Å². The van der Waals surface area contributed by atoms with Gasteiger partial charge < -0.3 is 24.1 Å². The van der Waals surface area contributed by atoms with Crippen LogP contribution in [0.15, 0.2) is 66.7 Å². The highest BCUT2D eigenvalue weighted by Crippen LogP contribution is 2.32. The summed E-state index contributed by atoms with van der Waals surface area (Å²) in [6.45, 7) is 2.66. The first-order chi connectivity index (χ1) is 15.1. The van der Waals surface area contributed by atoms with Crippen molar-refractivity contribution < 1.29 is 19.0 Å². The Labute approximate surface area is 180 Å². The molecule has 0 radical (unpaired) electrons. The number of hydrogen-bond acceptors (Lipinski definition) is 4. The van der Waals surface area contributed by atoms with Crippen LogP contribution in [0.25, 0.3) is 10.9 Å².